The van der Waals surface area contributed by atoms with Crippen LogP contribution < -0.4 is 10.6 Å². The maximum atomic E-state index is 11.5. The second-order valence-corrected chi connectivity index (χ2v) is 9.16. The van der Waals surface area contributed by atoms with Crippen LogP contribution in [0.1, 0.15) is 31.2 Å². The Labute approximate surface area is 149 Å². The number of piperidine rings is 1. The highest BCUT2D eigenvalue weighted by Gasteiger charge is 2.24. The third-order valence-corrected chi connectivity index (χ3v) is 6.52. The quantitative estimate of drug-likeness (QED) is 0.589. The molecule has 136 valence electrons. The summed E-state index contributed by atoms with van der Waals surface area (Å²) in [5.41, 5.74) is 1.34. The number of nitrogens with zero attached hydrogens (tertiary/aromatic N) is 2. The number of guanidine groups is 1. The number of hydrogen-bond acceptors (Lipinski definition) is 4. The monoisotopic (exact) mass is 372 g/mol. The Balaban J connectivity index is 1.71. The van der Waals surface area contributed by atoms with Gasteiger partial charge in [0.1, 0.15) is 0 Å². The van der Waals surface area contributed by atoms with Crippen molar-refractivity contribution in [2.75, 3.05) is 39.5 Å². The molecule has 1 saturated heterocycles. The first-order chi connectivity index (χ1) is 11.4. The molecule has 1 unspecified atom stereocenters. The fourth-order valence-corrected chi connectivity index (χ4v) is 4.49. The number of aliphatic imine (C=N–C) groups is 1. The number of sulfonamides is 1. The summed E-state index contributed by atoms with van der Waals surface area (Å²) in [7, 11) is -1.27. The lowest BCUT2D eigenvalue weighted by Crippen LogP contribution is -2.44. The standard InChI is InChI=1S/C16H28N4O2S2/c1-13(15-6-9-23-12-15)10-18-16(17-2)19-11-14-4-7-20(8-5-14)24(3,21)22/h6,9,12-14H,4-5,7-8,10-11H2,1-3H3,(H2,17,18,19). The van der Waals surface area contributed by atoms with Crippen molar-refractivity contribution in [2.45, 2.75) is 25.7 Å². The predicted octanol–water partition coefficient (Wildman–Crippen LogP) is 1.69. The normalized spacial score (nSPS) is 19.2. The predicted molar refractivity (Wildman–Crippen MR) is 101 cm³/mol. The Bertz CT molecular complexity index is 621. The van der Waals surface area contributed by atoms with E-state index < -0.39 is 10.0 Å². The van der Waals surface area contributed by atoms with Crippen molar-refractivity contribution in [3.05, 3.63) is 22.4 Å². The molecule has 2 rings (SSSR count). The summed E-state index contributed by atoms with van der Waals surface area (Å²) in [6.45, 7) is 5.09. The molecule has 0 saturated carbocycles. The molecule has 1 aromatic heterocycles. The second-order valence-electron chi connectivity index (χ2n) is 6.40. The van der Waals surface area contributed by atoms with Crippen molar-refractivity contribution >= 4 is 27.3 Å². The molecule has 1 aromatic rings. The molecule has 24 heavy (non-hydrogen) atoms. The van der Waals surface area contributed by atoms with E-state index in [9.17, 15) is 8.42 Å². The zero-order valence-corrected chi connectivity index (χ0v) is 16.3. The summed E-state index contributed by atoms with van der Waals surface area (Å²) < 4.78 is 24.6. The summed E-state index contributed by atoms with van der Waals surface area (Å²) in [5.74, 6) is 1.73. The number of nitrogens with one attached hydrogen (secondary N) is 2. The minimum atomic E-state index is -3.05. The van der Waals surface area contributed by atoms with E-state index in [1.807, 2.05) is 0 Å². The first-order valence-electron chi connectivity index (χ1n) is 8.32. The molecule has 0 bridgehead atoms. The average molecular weight is 373 g/mol. The molecule has 1 fully saturated rings. The van der Waals surface area contributed by atoms with Crippen LogP contribution in [0.5, 0.6) is 0 Å². The van der Waals surface area contributed by atoms with Crippen molar-refractivity contribution in [1.82, 2.24) is 14.9 Å². The number of rotatable bonds is 6. The third-order valence-electron chi connectivity index (χ3n) is 4.51. The van der Waals surface area contributed by atoms with E-state index in [1.54, 1.807) is 22.7 Å². The highest BCUT2D eigenvalue weighted by Crippen LogP contribution is 2.19. The van der Waals surface area contributed by atoms with E-state index >= 15 is 0 Å². The maximum absolute atomic E-state index is 11.5. The van der Waals surface area contributed by atoms with Crippen LogP contribution in [0.2, 0.25) is 0 Å². The molecule has 1 aliphatic heterocycles. The van der Waals surface area contributed by atoms with Gasteiger partial charge < -0.3 is 10.6 Å². The van der Waals surface area contributed by atoms with Gasteiger partial charge in [-0.05, 0) is 47.1 Å². The van der Waals surface area contributed by atoms with Crippen LogP contribution in [0.4, 0.5) is 0 Å². The molecule has 0 aromatic carbocycles. The highest BCUT2D eigenvalue weighted by atomic mass is 32.2. The van der Waals surface area contributed by atoms with Gasteiger partial charge in [0.2, 0.25) is 10.0 Å². The molecule has 6 nitrogen and oxygen atoms in total. The Morgan fingerprint density at radius 2 is 2.12 bits per heavy atom. The van der Waals surface area contributed by atoms with Crippen LogP contribution in [0.15, 0.2) is 21.8 Å². The lowest BCUT2D eigenvalue weighted by Gasteiger charge is -2.30. The lowest BCUT2D eigenvalue weighted by molar-refractivity contribution is 0.275. The second kappa shape index (κ2) is 8.82. The van der Waals surface area contributed by atoms with Crippen molar-refractivity contribution in [3.8, 4) is 0 Å². The van der Waals surface area contributed by atoms with E-state index in [0.717, 1.165) is 31.9 Å². The third kappa shape index (κ3) is 5.75. The van der Waals surface area contributed by atoms with Gasteiger partial charge in [0.05, 0.1) is 6.26 Å². The molecule has 2 heterocycles. The summed E-state index contributed by atoms with van der Waals surface area (Å²) in [5, 5.41) is 11.0. The van der Waals surface area contributed by atoms with Gasteiger partial charge in [-0.15, -0.1) is 0 Å². The molecule has 0 aliphatic carbocycles. The fraction of sp³-hybridized carbons (Fsp3) is 0.688. The Morgan fingerprint density at radius 1 is 1.42 bits per heavy atom. The summed E-state index contributed by atoms with van der Waals surface area (Å²) >= 11 is 1.72. The highest BCUT2D eigenvalue weighted by molar-refractivity contribution is 7.88. The molecule has 0 spiro atoms. The van der Waals surface area contributed by atoms with Gasteiger partial charge in [-0.2, -0.15) is 11.3 Å². The van der Waals surface area contributed by atoms with E-state index in [0.29, 0.717) is 24.9 Å². The van der Waals surface area contributed by atoms with E-state index in [4.69, 9.17) is 0 Å². The zero-order chi connectivity index (χ0) is 17.6. The molecule has 1 atom stereocenters. The van der Waals surface area contributed by atoms with Gasteiger partial charge in [-0.3, -0.25) is 4.99 Å². The van der Waals surface area contributed by atoms with Crippen LogP contribution in [-0.4, -0.2) is 58.2 Å². The topological polar surface area (TPSA) is 73.8 Å². The molecular formula is C16H28N4O2S2. The molecular weight excluding hydrogens is 344 g/mol. The van der Waals surface area contributed by atoms with Crippen LogP contribution in [-0.2, 0) is 10.0 Å². The van der Waals surface area contributed by atoms with Crippen LogP contribution in [0, 0.1) is 5.92 Å². The van der Waals surface area contributed by atoms with Gasteiger partial charge in [0.15, 0.2) is 5.96 Å². The zero-order valence-electron chi connectivity index (χ0n) is 14.7. The van der Waals surface area contributed by atoms with Gasteiger partial charge >= 0.3 is 0 Å². The Kier molecular flexibility index (Phi) is 7.06. The molecule has 8 heteroatoms. The van der Waals surface area contributed by atoms with Gasteiger partial charge in [-0.25, -0.2) is 12.7 Å². The van der Waals surface area contributed by atoms with Crippen LogP contribution in [0.25, 0.3) is 0 Å². The first kappa shape index (κ1) is 19.2. The fourth-order valence-electron chi connectivity index (χ4n) is 2.83. The van der Waals surface area contributed by atoms with E-state index in [1.165, 1.54) is 11.8 Å². The van der Waals surface area contributed by atoms with Gasteiger partial charge in [0, 0.05) is 33.2 Å². The average Bonchev–Trinajstić information content (AvgIpc) is 3.09. The SMILES string of the molecule is CN=C(NCC1CCN(S(C)(=O)=O)CC1)NCC(C)c1ccsc1. The Morgan fingerprint density at radius 3 is 2.67 bits per heavy atom. The smallest absolute Gasteiger partial charge is 0.211 e. The van der Waals surface area contributed by atoms with Crippen LogP contribution in [0.3, 0.4) is 0 Å². The number of hydrogen-bond donors (Lipinski definition) is 2. The molecule has 0 amide bonds. The van der Waals surface area contributed by atoms with Crippen molar-refractivity contribution in [1.29, 1.82) is 0 Å². The van der Waals surface area contributed by atoms with Crippen molar-refractivity contribution < 1.29 is 8.42 Å². The molecule has 0 radical (unpaired) electrons. The minimum absolute atomic E-state index is 0.438. The first-order valence-corrected chi connectivity index (χ1v) is 11.1. The molecule has 2 N–H and O–H groups in total. The summed E-state index contributed by atoms with van der Waals surface area (Å²) in [6, 6.07) is 2.16. The maximum Gasteiger partial charge on any atom is 0.211 e. The van der Waals surface area contributed by atoms with Gasteiger partial charge in [0.25, 0.3) is 0 Å². The largest absolute Gasteiger partial charge is 0.356 e. The van der Waals surface area contributed by atoms with E-state index in [2.05, 4.69) is 39.4 Å². The van der Waals surface area contributed by atoms with Crippen LogP contribution >= 0.6 is 11.3 Å². The number of thiophene rings is 1. The van der Waals surface area contributed by atoms with Gasteiger partial charge in [-0.1, -0.05) is 6.92 Å². The Hall–Kier alpha value is -1.12. The molecule has 1 aliphatic rings. The van der Waals surface area contributed by atoms with Crippen molar-refractivity contribution in [2.24, 2.45) is 10.9 Å². The van der Waals surface area contributed by atoms with E-state index in [-0.39, 0.29) is 0 Å². The van der Waals surface area contributed by atoms with Crippen molar-refractivity contribution in [3.63, 3.8) is 0 Å². The summed E-state index contributed by atoms with van der Waals surface area (Å²) in [6.07, 6.45) is 3.07. The lowest BCUT2D eigenvalue weighted by atomic mass is 9.98. The summed E-state index contributed by atoms with van der Waals surface area (Å²) in [4.78, 5) is 4.27. The minimum Gasteiger partial charge on any atom is -0.356 e.